The molecule has 2 aromatic rings. The summed E-state index contributed by atoms with van der Waals surface area (Å²) in [7, 11) is -1.90. The van der Waals surface area contributed by atoms with Crippen LogP contribution in [0.3, 0.4) is 0 Å². The number of rotatable bonds is 4. The van der Waals surface area contributed by atoms with Crippen LogP contribution in [0.5, 0.6) is 0 Å². The van der Waals surface area contributed by atoms with Crippen LogP contribution in [0.2, 0.25) is 18.1 Å². The minimum Gasteiger partial charge on any atom is -0.412 e. The lowest BCUT2D eigenvalue weighted by atomic mass is 10.2. The number of pyridine rings is 1. The number of fused-ring (bicyclic) bond motifs is 1. The Morgan fingerprint density at radius 1 is 1.27 bits per heavy atom. The first kappa shape index (κ1) is 19.6. The minimum absolute atomic E-state index is 0.000940. The summed E-state index contributed by atoms with van der Waals surface area (Å²) in [6, 6.07) is 3.49. The third-order valence-corrected chi connectivity index (χ3v) is 10.9. The molecule has 1 aliphatic rings. The molecule has 5 nitrogen and oxygen atoms in total. The van der Waals surface area contributed by atoms with E-state index in [1.54, 1.807) is 6.07 Å². The quantitative estimate of drug-likeness (QED) is 0.432. The molecule has 0 spiro atoms. The number of nitrogens with zero attached hydrogens (tertiary/aromatic N) is 3. The predicted molar refractivity (Wildman–Crippen MR) is 111 cm³/mol. The van der Waals surface area contributed by atoms with Gasteiger partial charge in [0, 0.05) is 17.6 Å². The van der Waals surface area contributed by atoms with E-state index >= 15 is 0 Å². The Balaban J connectivity index is 2.05. The molecule has 2 heterocycles. The van der Waals surface area contributed by atoms with Gasteiger partial charge >= 0.3 is 0 Å². The zero-order chi connectivity index (χ0) is 19.1. The number of aromatic nitrogens is 3. The molecule has 0 aliphatic heterocycles. The van der Waals surface area contributed by atoms with Crippen LogP contribution in [0.4, 0.5) is 0 Å². The molecule has 0 amide bonds. The molecule has 0 bridgehead atoms. The summed E-state index contributed by atoms with van der Waals surface area (Å²) >= 11 is 1.49. The van der Waals surface area contributed by atoms with E-state index in [0.29, 0.717) is 5.16 Å². The first-order chi connectivity index (χ1) is 12.1. The fourth-order valence-corrected chi connectivity index (χ4v) is 5.06. The maximum absolute atomic E-state index is 12.8. The van der Waals surface area contributed by atoms with Gasteiger partial charge in [-0.1, -0.05) is 32.5 Å². The van der Waals surface area contributed by atoms with E-state index < -0.39 is 8.32 Å². The zero-order valence-electron chi connectivity index (χ0n) is 16.6. The fraction of sp³-hybridized carbons (Fsp3) is 0.632. The van der Waals surface area contributed by atoms with Gasteiger partial charge in [0.1, 0.15) is 5.65 Å². The van der Waals surface area contributed by atoms with E-state index in [1.165, 1.54) is 11.8 Å². The van der Waals surface area contributed by atoms with Crippen molar-refractivity contribution in [3.05, 3.63) is 28.7 Å². The van der Waals surface area contributed by atoms with Gasteiger partial charge in [-0.25, -0.2) is 9.97 Å². The smallest absolute Gasteiger partial charge is 0.252 e. The highest BCUT2D eigenvalue weighted by molar-refractivity contribution is 7.98. The molecule has 2 unspecified atom stereocenters. The highest BCUT2D eigenvalue weighted by atomic mass is 32.2. The molecule has 142 valence electrons. The second kappa shape index (κ2) is 7.09. The molecule has 2 atom stereocenters. The maximum Gasteiger partial charge on any atom is 0.252 e. The summed E-state index contributed by atoms with van der Waals surface area (Å²) in [5.74, 6) is 0. The SMILES string of the molecule is CSc1ncc2ccc(=O)n(C3CCCC3O[Si](C)(C)C(C)(C)C)c2n1. The van der Waals surface area contributed by atoms with Gasteiger partial charge in [-0.15, -0.1) is 0 Å². The Hall–Kier alpha value is -1.18. The van der Waals surface area contributed by atoms with Crippen molar-refractivity contribution < 1.29 is 4.43 Å². The molecule has 1 fully saturated rings. The van der Waals surface area contributed by atoms with Crippen molar-refractivity contribution in [1.82, 2.24) is 14.5 Å². The van der Waals surface area contributed by atoms with Crippen LogP contribution in [0.15, 0.2) is 28.3 Å². The number of hydrogen-bond acceptors (Lipinski definition) is 5. The van der Waals surface area contributed by atoms with E-state index in [9.17, 15) is 4.79 Å². The van der Waals surface area contributed by atoms with Gasteiger partial charge < -0.3 is 4.43 Å². The topological polar surface area (TPSA) is 57.0 Å². The standard InChI is InChI=1S/C19H29N3O2SSi/c1-19(2,3)26(5,6)24-15-9-7-8-14(15)22-16(23)11-10-13-12-20-18(25-4)21-17(13)22/h10-12,14-15H,7-9H2,1-6H3. The van der Waals surface area contributed by atoms with E-state index in [1.807, 2.05) is 23.1 Å². The molecular formula is C19H29N3O2SSi. The maximum atomic E-state index is 12.8. The van der Waals surface area contributed by atoms with Gasteiger partial charge in [-0.05, 0) is 49.7 Å². The average Bonchev–Trinajstić information content (AvgIpc) is 3.00. The Morgan fingerprint density at radius 3 is 2.65 bits per heavy atom. The Kier molecular flexibility index (Phi) is 5.34. The summed E-state index contributed by atoms with van der Waals surface area (Å²) < 4.78 is 8.58. The molecule has 0 saturated heterocycles. The average molecular weight is 392 g/mol. The molecular weight excluding hydrogens is 362 g/mol. The van der Waals surface area contributed by atoms with E-state index in [4.69, 9.17) is 4.43 Å². The Morgan fingerprint density at radius 2 is 2.00 bits per heavy atom. The predicted octanol–water partition coefficient (Wildman–Crippen LogP) is 4.63. The van der Waals surface area contributed by atoms with Crippen LogP contribution in [-0.2, 0) is 4.43 Å². The monoisotopic (exact) mass is 391 g/mol. The van der Waals surface area contributed by atoms with Crippen LogP contribution >= 0.6 is 11.8 Å². The van der Waals surface area contributed by atoms with Crippen molar-refractivity contribution in [2.24, 2.45) is 0 Å². The normalized spacial score (nSPS) is 21.5. The molecule has 0 aromatic carbocycles. The number of hydrogen-bond donors (Lipinski definition) is 0. The Labute approximate surface area is 160 Å². The molecule has 26 heavy (non-hydrogen) atoms. The third-order valence-electron chi connectivity index (χ3n) is 5.83. The fourth-order valence-electron chi connectivity index (χ4n) is 3.34. The van der Waals surface area contributed by atoms with Crippen LogP contribution in [0.25, 0.3) is 11.0 Å². The highest BCUT2D eigenvalue weighted by Gasteiger charge is 2.42. The van der Waals surface area contributed by atoms with Gasteiger partial charge in [0.2, 0.25) is 0 Å². The molecule has 0 radical (unpaired) electrons. The zero-order valence-corrected chi connectivity index (χ0v) is 18.4. The van der Waals surface area contributed by atoms with Gasteiger partial charge in [-0.3, -0.25) is 9.36 Å². The van der Waals surface area contributed by atoms with Crippen molar-refractivity contribution in [2.75, 3.05) is 6.26 Å². The van der Waals surface area contributed by atoms with E-state index in [0.717, 1.165) is 30.3 Å². The second-order valence-electron chi connectivity index (χ2n) is 8.59. The first-order valence-corrected chi connectivity index (χ1v) is 13.4. The second-order valence-corrected chi connectivity index (χ2v) is 14.1. The minimum atomic E-state index is -1.90. The van der Waals surface area contributed by atoms with Crippen molar-refractivity contribution in [3.63, 3.8) is 0 Å². The molecule has 3 rings (SSSR count). The van der Waals surface area contributed by atoms with E-state index in [-0.39, 0.29) is 22.7 Å². The lowest BCUT2D eigenvalue weighted by Gasteiger charge is -2.40. The van der Waals surface area contributed by atoms with Gasteiger partial charge in [0.15, 0.2) is 13.5 Å². The molecule has 2 aromatic heterocycles. The molecule has 1 aliphatic carbocycles. The summed E-state index contributed by atoms with van der Waals surface area (Å²) in [6.07, 6.45) is 6.87. The van der Waals surface area contributed by atoms with Crippen LogP contribution in [0.1, 0.15) is 46.1 Å². The molecule has 7 heteroatoms. The lowest BCUT2D eigenvalue weighted by Crippen LogP contribution is -2.45. The molecule has 1 saturated carbocycles. The number of thioether (sulfide) groups is 1. The van der Waals surface area contributed by atoms with Gasteiger partial charge in [0.25, 0.3) is 5.56 Å². The van der Waals surface area contributed by atoms with Crippen molar-refractivity contribution in [2.45, 2.75) is 75.5 Å². The third kappa shape index (κ3) is 3.61. The van der Waals surface area contributed by atoms with E-state index in [2.05, 4.69) is 43.8 Å². The highest BCUT2D eigenvalue weighted by Crippen LogP contribution is 2.42. The summed E-state index contributed by atoms with van der Waals surface area (Å²) in [5.41, 5.74) is 0.728. The van der Waals surface area contributed by atoms with Crippen molar-refractivity contribution in [3.8, 4) is 0 Å². The van der Waals surface area contributed by atoms with Crippen LogP contribution in [-0.4, -0.2) is 35.2 Å². The van der Waals surface area contributed by atoms with Crippen LogP contribution < -0.4 is 5.56 Å². The van der Waals surface area contributed by atoms with Gasteiger partial charge in [0.05, 0.1) is 12.1 Å². The largest absolute Gasteiger partial charge is 0.412 e. The van der Waals surface area contributed by atoms with Crippen molar-refractivity contribution in [1.29, 1.82) is 0 Å². The van der Waals surface area contributed by atoms with Gasteiger partial charge in [-0.2, -0.15) is 0 Å². The Bertz CT molecular complexity index is 860. The van der Waals surface area contributed by atoms with Crippen LogP contribution in [0, 0.1) is 0 Å². The summed E-state index contributed by atoms with van der Waals surface area (Å²) in [6.45, 7) is 11.3. The lowest BCUT2D eigenvalue weighted by molar-refractivity contribution is 0.144. The van der Waals surface area contributed by atoms with Crippen molar-refractivity contribution >= 4 is 31.1 Å². The summed E-state index contributed by atoms with van der Waals surface area (Å²) in [5, 5.41) is 1.75. The summed E-state index contributed by atoms with van der Waals surface area (Å²) in [4.78, 5) is 21.8. The molecule has 0 N–H and O–H groups in total. The first-order valence-electron chi connectivity index (χ1n) is 9.24.